The smallest absolute Gasteiger partial charge is 0.338 e. The largest absolute Gasteiger partial charge is 0.462 e. The summed E-state index contributed by atoms with van der Waals surface area (Å²) in [4.78, 5) is 20.6. The second-order valence-corrected chi connectivity index (χ2v) is 6.32. The molecule has 0 bridgehead atoms. The summed E-state index contributed by atoms with van der Waals surface area (Å²) in [6.45, 7) is 2.93. The lowest BCUT2D eigenvalue weighted by molar-refractivity contribution is 0.0526. The summed E-state index contributed by atoms with van der Waals surface area (Å²) < 4.78 is 7.12. The third kappa shape index (κ3) is 3.21. The molecule has 2 aromatic carbocycles. The van der Waals surface area contributed by atoms with Crippen LogP contribution in [0.4, 0.5) is 5.82 Å². The molecule has 6 heteroatoms. The third-order valence-electron chi connectivity index (χ3n) is 4.59. The van der Waals surface area contributed by atoms with Crippen molar-refractivity contribution in [2.24, 2.45) is 0 Å². The van der Waals surface area contributed by atoms with Gasteiger partial charge in [-0.1, -0.05) is 30.3 Å². The van der Waals surface area contributed by atoms with Gasteiger partial charge in [0.25, 0.3) is 0 Å². The van der Waals surface area contributed by atoms with Crippen LogP contribution in [-0.4, -0.2) is 27.1 Å². The molecule has 2 N–H and O–H groups in total. The van der Waals surface area contributed by atoms with Gasteiger partial charge in [0, 0.05) is 11.9 Å². The maximum Gasteiger partial charge on any atom is 0.338 e. The van der Waals surface area contributed by atoms with Gasteiger partial charge >= 0.3 is 5.97 Å². The lowest BCUT2D eigenvalue weighted by Gasteiger charge is -2.08. The number of aryl methyl sites for hydroxylation is 2. The lowest BCUT2D eigenvalue weighted by atomic mass is 10.1. The van der Waals surface area contributed by atoms with Crippen molar-refractivity contribution in [3.63, 3.8) is 0 Å². The molecule has 0 radical (unpaired) electrons. The number of nitrogens with two attached hydrogens (primary N) is 1. The summed E-state index contributed by atoms with van der Waals surface area (Å²) in [6.07, 6.45) is 2.62. The molecule has 2 aromatic heterocycles. The monoisotopic (exact) mass is 360 g/mol. The molecule has 0 spiro atoms. The van der Waals surface area contributed by atoms with Gasteiger partial charge in [-0.25, -0.2) is 14.8 Å². The summed E-state index contributed by atoms with van der Waals surface area (Å²) in [5.74, 6) is 0.153. The Bertz CT molecular complexity index is 1120. The average Bonchev–Trinajstić information content (AvgIpc) is 3.12. The van der Waals surface area contributed by atoms with E-state index in [1.165, 1.54) is 0 Å². The number of para-hydroxylation sites is 1. The van der Waals surface area contributed by atoms with Crippen molar-refractivity contribution < 1.29 is 9.53 Å². The van der Waals surface area contributed by atoms with Gasteiger partial charge in [-0.15, -0.1) is 0 Å². The molecule has 0 aliphatic rings. The molecular formula is C21H20N4O2. The molecule has 0 fully saturated rings. The first-order valence-corrected chi connectivity index (χ1v) is 8.92. The predicted molar refractivity (Wildman–Crippen MR) is 106 cm³/mol. The maximum atomic E-state index is 11.8. The Kier molecular flexibility index (Phi) is 4.46. The van der Waals surface area contributed by atoms with E-state index in [1.54, 1.807) is 19.1 Å². The van der Waals surface area contributed by atoms with Crippen molar-refractivity contribution in [2.45, 2.75) is 19.9 Å². The Hall–Kier alpha value is -3.41. The standard InChI is InChI=1S/C21H20N4O2/c1-2-27-21(26)15-9-7-14(8-10-15)11-12-25-13-23-18-19(25)16-5-3-4-6-17(16)24-20(18)22/h3-10,13H,2,11-12H2,1H3,(H2,22,24). The minimum atomic E-state index is -0.293. The second kappa shape index (κ2) is 7.07. The number of anilines is 1. The van der Waals surface area contributed by atoms with Gasteiger partial charge < -0.3 is 15.0 Å². The number of esters is 1. The number of carbonyl (C=O) groups is 1. The number of hydrogen-bond donors (Lipinski definition) is 1. The quantitative estimate of drug-likeness (QED) is 0.550. The number of fused-ring (bicyclic) bond motifs is 3. The molecule has 0 unspecified atom stereocenters. The van der Waals surface area contributed by atoms with E-state index >= 15 is 0 Å². The van der Waals surface area contributed by atoms with Gasteiger partial charge in [0.15, 0.2) is 5.82 Å². The summed E-state index contributed by atoms with van der Waals surface area (Å²) >= 11 is 0. The molecule has 6 nitrogen and oxygen atoms in total. The van der Waals surface area contributed by atoms with Crippen LogP contribution in [0.3, 0.4) is 0 Å². The average molecular weight is 360 g/mol. The summed E-state index contributed by atoms with van der Waals surface area (Å²) in [5, 5.41) is 1.04. The predicted octanol–water partition coefficient (Wildman–Crippen LogP) is 3.59. The van der Waals surface area contributed by atoms with Crippen molar-refractivity contribution in [2.75, 3.05) is 12.3 Å². The number of carbonyl (C=O) groups excluding carboxylic acids is 1. The highest BCUT2D eigenvalue weighted by Crippen LogP contribution is 2.27. The fraction of sp³-hybridized carbons (Fsp3) is 0.190. The van der Waals surface area contributed by atoms with E-state index in [-0.39, 0.29) is 5.97 Å². The first-order valence-electron chi connectivity index (χ1n) is 8.92. The number of nitrogen functional groups attached to an aromatic ring is 1. The van der Waals surface area contributed by atoms with Gasteiger partial charge in [0.05, 0.1) is 29.5 Å². The number of rotatable bonds is 5. The van der Waals surface area contributed by atoms with Crippen LogP contribution in [0.25, 0.3) is 21.9 Å². The molecule has 2 heterocycles. The molecule has 0 saturated heterocycles. The molecule has 4 aromatic rings. The highest BCUT2D eigenvalue weighted by molar-refractivity contribution is 6.06. The minimum absolute atomic E-state index is 0.293. The molecule has 136 valence electrons. The van der Waals surface area contributed by atoms with Gasteiger partial charge in [-0.3, -0.25) is 0 Å². The van der Waals surface area contributed by atoms with E-state index in [1.807, 2.05) is 42.7 Å². The Balaban J connectivity index is 1.60. The van der Waals surface area contributed by atoms with Gasteiger partial charge in [-0.05, 0) is 37.1 Å². The van der Waals surface area contributed by atoms with Gasteiger partial charge in [0.2, 0.25) is 0 Å². The van der Waals surface area contributed by atoms with E-state index in [0.29, 0.717) is 18.0 Å². The molecule has 0 aliphatic carbocycles. The van der Waals surface area contributed by atoms with E-state index < -0.39 is 0 Å². The number of hydrogen-bond acceptors (Lipinski definition) is 5. The van der Waals surface area contributed by atoms with Crippen LogP contribution in [-0.2, 0) is 17.7 Å². The molecule has 0 saturated carbocycles. The number of pyridine rings is 1. The zero-order chi connectivity index (χ0) is 18.8. The van der Waals surface area contributed by atoms with Crippen LogP contribution in [0.15, 0.2) is 54.9 Å². The Labute approximate surface area is 156 Å². The van der Waals surface area contributed by atoms with Crippen LogP contribution >= 0.6 is 0 Å². The van der Waals surface area contributed by atoms with Crippen molar-refractivity contribution in [3.8, 4) is 0 Å². The number of benzene rings is 2. The molecule has 27 heavy (non-hydrogen) atoms. The summed E-state index contributed by atoms with van der Waals surface area (Å²) in [6, 6.07) is 15.5. The fourth-order valence-electron chi connectivity index (χ4n) is 3.25. The Morgan fingerprint density at radius 2 is 1.93 bits per heavy atom. The SMILES string of the molecule is CCOC(=O)c1ccc(CCn2cnc3c(N)nc4ccccc4c32)cc1. The topological polar surface area (TPSA) is 83.0 Å². The highest BCUT2D eigenvalue weighted by atomic mass is 16.5. The highest BCUT2D eigenvalue weighted by Gasteiger charge is 2.12. The van der Waals surface area contributed by atoms with Crippen molar-refractivity contribution in [1.29, 1.82) is 0 Å². The Morgan fingerprint density at radius 3 is 2.70 bits per heavy atom. The zero-order valence-corrected chi connectivity index (χ0v) is 15.1. The summed E-state index contributed by atoms with van der Waals surface area (Å²) in [7, 11) is 0. The van der Waals surface area contributed by atoms with Crippen molar-refractivity contribution in [3.05, 3.63) is 66.0 Å². The van der Waals surface area contributed by atoms with E-state index in [0.717, 1.165) is 40.5 Å². The normalized spacial score (nSPS) is 11.1. The third-order valence-corrected chi connectivity index (χ3v) is 4.59. The first-order chi connectivity index (χ1) is 13.2. The van der Waals surface area contributed by atoms with Crippen LogP contribution in [0, 0.1) is 0 Å². The van der Waals surface area contributed by atoms with Gasteiger partial charge in [0.1, 0.15) is 5.52 Å². The number of nitrogens with zero attached hydrogens (tertiary/aromatic N) is 3. The molecule has 0 amide bonds. The number of imidazole rings is 1. The first kappa shape index (κ1) is 17.0. The van der Waals surface area contributed by atoms with Gasteiger partial charge in [-0.2, -0.15) is 0 Å². The van der Waals surface area contributed by atoms with E-state index in [2.05, 4.69) is 14.5 Å². The minimum Gasteiger partial charge on any atom is -0.462 e. The molecule has 4 rings (SSSR count). The molecule has 0 atom stereocenters. The second-order valence-electron chi connectivity index (χ2n) is 6.32. The van der Waals surface area contributed by atoms with Crippen LogP contribution in [0.5, 0.6) is 0 Å². The van der Waals surface area contributed by atoms with E-state index in [4.69, 9.17) is 10.5 Å². The number of ether oxygens (including phenoxy) is 1. The van der Waals surface area contributed by atoms with Crippen LogP contribution in [0.2, 0.25) is 0 Å². The fourth-order valence-corrected chi connectivity index (χ4v) is 3.25. The maximum absolute atomic E-state index is 11.8. The van der Waals surface area contributed by atoms with Crippen LogP contribution in [0.1, 0.15) is 22.8 Å². The zero-order valence-electron chi connectivity index (χ0n) is 15.1. The lowest BCUT2D eigenvalue weighted by Crippen LogP contribution is -2.05. The van der Waals surface area contributed by atoms with Crippen LogP contribution < -0.4 is 5.73 Å². The van der Waals surface area contributed by atoms with Crippen molar-refractivity contribution in [1.82, 2.24) is 14.5 Å². The molecule has 0 aliphatic heterocycles. The number of aromatic nitrogens is 3. The summed E-state index contributed by atoms with van der Waals surface area (Å²) in [5.41, 5.74) is 10.4. The molecular weight excluding hydrogens is 340 g/mol. The Morgan fingerprint density at radius 1 is 1.15 bits per heavy atom. The van der Waals surface area contributed by atoms with Crippen molar-refractivity contribution >= 4 is 33.7 Å². The van der Waals surface area contributed by atoms with E-state index in [9.17, 15) is 4.79 Å².